The number of rotatable bonds is 4. The third-order valence-electron chi connectivity index (χ3n) is 4.19. The Bertz CT molecular complexity index is 630. The molecule has 4 nitrogen and oxygen atoms in total. The van der Waals surface area contributed by atoms with Crippen molar-refractivity contribution in [2.45, 2.75) is 53.1 Å². The predicted octanol–water partition coefficient (Wildman–Crippen LogP) is 2.93. The standard InChI is InChI=1S/C17H24N4/c1-4-5-17-18-9-15-11-21(7-6-16(15)20-17)10-14-8-12(2)19-13(14)3/h8-9,19H,4-7,10-11H2,1-3H3. The van der Waals surface area contributed by atoms with Crippen LogP contribution in [0.25, 0.3) is 0 Å². The largest absolute Gasteiger partial charge is 0.362 e. The Morgan fingerprint density at radius 2 is 2.19 bits per heavy atom. The normalized spacial score (nSPS) is 15.2. The minimum Gasteiger partial charge on any atom is -0.362 e. The van der Waals surface area contributed by atoms with Gasteiger partial charge in [0.2, 0.25) is 0 Å². The average Bonchev–Trinajstić information content (AvgIpc) is 2.77. The van der Waals surface area contributed by atoms with E-state index in [-0.39, 0.29) is 0 Å². The van der Waals surface area contributed by atoms with Crippen LogP contribution in [0.3, 0.4) is 0 Å². The van der Waals surface area contributed by atoms with E-state index in [0.717, 1.165) is 44.7 Å². The maximum absolute atomic E-state index is 4.72. The van der Waals surface area contributed by atoms with Crippen molar-refractivity contribution in [3.63, 3.8) is 0 Å². The molecule has 4 heteroatoms. The number of aromatic amines is 1. The lowest BCUT2D eigenvalue weighted by molar-refractivity contribution is 0.242. The van der Waals surface area contributed by atoms with E-state index >= 15 is 0 Å². The van der Waals surface area contributed by atoms with E-state index in [1.54, 1.807) is 0 Å². The third-order valence-corrected chi connectivity index (χ3v) is 4.19. The van der Waals surface area contributed by atoms with Gasteiger partial charge in [0.1, 0.15) is 5.82 Å². The zero-order valence-electron chi connectivity index (χ0n) is 13.2. The van der Waals surface area contributed by atoms with Gasteiger partial charge in [-0.15, -0.1) is 0 Å². The van der Waals surface area contributed by atoms with Gasteiger partial charge in [0.25, 0.3) is 0 Å². The lowest BCUT2D eigenvalue weighted by Gasteiger charge is -2.28. The lowest BCUT2D eigenvalue weighted by Crippen LogP contribution is -2.31. The molecule has 3 heterocycles. The van der Waals surface area contributed by atoms with Crippen molar-refractivity contribution in [3.05, 3.63) is 46.3 Å². The highest BCUT2D eigenvalue weighted by Crippen LogP contribution is 2.20. The lowest BCUT2D eigenvalue weighted by atomic mass is 10.1. The fourth-order valence-electron chi connectivity index (χ4n) is 3.08. The Morgan fingerprint density at radius 3 is 2.90 bits per heavy atom. The zero-order chi connectivity index (χ0) is 14.8. The quantitative estimate of drug-likeness (QED) is 0.939. The van der Waals surface area contributed by atoms with Gasteiger partial charge in [-0.2, -0.15) is 0 Å². The van der Waals surface area contributed by atoms with Gasteiger partial charge in [0.05, 0.1) is 0 Å². The molecular weight excluding hydrogens is 260 g/mol. The van der Waals surface area contributed by atoms with E-state index in [9.17, 15) is 0 Å². The molecule has 0 aromatic carbocycles. The van der Waals surface area contributed by atoms with Crippen molar-refractivity contribution in [1.29, 1.82) is 0 Å². The molecule has 21 heavy (non-hydrogen) atoms. The summed E-state index contributed by atoms with van der Waals surface area (Å²) in [7, 11) is 0. The van der Waals surface area contributed by atoms with Crippen LogP contribution >= 0.6 is 0 Å². The fourth-order valence-corrected chi connectivity index (χ4v) is 3.08. The molecule has 0 spiro atoms. The van der Waals surface area contributed by atoms with Crippen LogP contribution in [0.5, 0.6) is 0 Å². The first-order valence-electron chi connectivity index (χ1n) is 7.87. The molecule has 1 aliphatic rings. The topological polar surface area (TPSA) is 44.8 Å². The van der Waals surface area contributed by atoms with Crippen molar-refractivity contribution in [2.75, 3.05) is 6.54 Å². The summed E-state index contributed by atoms with van der Waals surface area (Å²) in [6.45, 7) is 9.49. The number of hydrogen-bond donors (Lipinski definition) is 1. The smallest absolute Gasteiger partial charge is 0.128 e. The minimum atomic E-state index is 0.964. The van der Waals surface area contributed by atoms with Gasteiger partial charge in [0.15, 0.2) is 0 Å². The summed E-state index contributed by atoms with van der Waals surface area (Å²) in [5.74, 6) is 1.00. The zero-order valence-corrected chi connectivity index (χ0v) is 13.2. The molecule has 0 amide bonds. The van der Waals surface area contributed by atoms with Crippen LogP contribution in [0.15, 0.2) is 12.3 Å². The Morgan fingerprint density at radius 1 is 1.33 bits per heavy atom. The van der Waals surface area contributed by atoms with E-state index < -0.39 is 0 Å². The van der Waals surface area contributed by atoms with E-state index in [1.165, 1.54) is 28.2 Å². The molecule has 1 N–H and O–H groups in total. The first-order valence-corrected chi connectivity index (χ1v) is 7.87. The second-order valence-electron chi connectivity index (χ2n) is 6.07. The van der Waals surface area contributed by atoms with Crippen LogP contribution < -0.4 is 0 Å². The Labute approximate surface area is 126 Å². The molecular formula is C17H24N4. The highest BCUT2D eigenvalue weighted by Gasteiger charge is 2.19. The van der Waals surface area contributed by atoms with E-state index in [0.29, 0.717) is 0 Å². The van der Waals surface area contributed by atoms with Crippen molar-refractivity contribution < 1.29 is 0 Å². The highest BCUT2D eigenvalue weighted by atomic mass is 15.1. The number of aromatic nitrogens is 3. The van der Waals surface area contributed by atoms with Crippen molar-refractivity contribution in [3.8, 4) is 0 Å². The van der Waals surface area contributed by atoms with Gasteiger partial charge in [0, 0.05) is 61.3 Å². The molecule has 0 saturated carbocycles. The maximum Gasteiger partial charge on any atom is 0.128 e. The molecule has 0 saturated heterocycles. The van der Waals surface area contributed by atoms with E-state index in [4.69, 9.17) is 4.98 Å². The number of aryl methyl sites for hydroxylation is 3. The average molecular weight is 284 g/mol. The molecule has 0 atom stereocenters. The third kappa shape index (κ3) is 3.16. The number of hydrogen-bond acceptors (Lipinski definition) is 3. The number of nitrogens with zero attached hydrogens (tertiary/aromatic N) is 3. The van der Waals surface area contributed by atoms with Crippen molar-refractivity contribution in [2.24, 2.45) is 0 Å². The molecule has 0 fully saturated rings. The molecule has 0 radical (unpaired) electrons. The number of fused-ring (bicyclic) bond motifs is 1. The minimum absolute atomic E-state index is 0.964. The summed E-state index contributed by atoms with van der Waals surface area (Å²) in [6.07, 6.45) is 5.17. The SMILES string of the molecule is CCCc1ncc2c(n1)CCN(Cc1cc(C)[nH]c1C)C2. The second-order valence-corrected chi connectivity index (χ2v) is 6.07. The van der Waals surface area contributed by atoms with Gasteiger partial charge in [-0.1, -0.05) is 6.92 Å². The second kappa shape index (κ2) is 5.98. The first-order chi connectivity index (χ1) is 10.2. The van der Waals surface area contributed by atoms with Crippen LogP contribution in [0.1, 0.15) is 47.4 Å². The Hall–Kier alpha value is -1.68. The van der Waals surface area contributed by atoms with Gasteiger partial charge in [-0.3, -0.25) is 4.90 Å². The van der Waals surface area contributed by atoms with Crippen LogP contribution in [0, 0.1) is 13.8 Å². The molecule has 3 rings (SSSR count). The Balaban J connectivity index is 1.71. The van der Waals surface area contributed by atoms with Gasteiger partial charge < -0.3 is 4.98 Å². The summed E-state index contributed by atoms with van der Waals surface area (Å²) < 4.78 is 0. The predicted molar refractivity (Wildman–Crippen MR) is 84.1 cm³/mol. The highest BCUT2D eigenvalue weighted by molar-refractivity contribution is 5.25. The van der Waals surface area contributed by atoms with Crippen LogP contribution in [-0.4, -0.2) is 26.4 Å². The Kier molecular flexibility index (Phi) is 4.06. The van der Waals surface area contributed by atoms with Gasteiger partial charge in [-0.25, -0.2) is 9.97 Å². The summed E-state index contributed by atoms with van der Waals surface area (Å²) in [5.41, 5.74) is 6.48. The van der Waals surface area contributed by atoms with Gasteiger partial charge in [-0.05, 0) is 31.9 Å². The first kappa shape index (κ1) is 14.3. The monoisotopic (exact) mass is 284 g/mol. The van der Waals surface area contributed by atoms with Crippen molar-refractivity contribution in [1.82, 2.24) is 19.9 Å². The summed E-state index contributed by atoms with van der Waals surface area (Å²) in [5, 5.41) is 0. The van der Waals surface area contributed by atoms with E-state index in [2.05, 4.69) is 41.7 Å². The van der Waals surface area contributed by atoms with E-state index in [1.807, 2.05) is 6.20 Å². The van der Waals surface area contributed by atoms with Crippen LogP contribution in [0.4, 0.5) is 0 Å². The molecule has 0 aliphatic carbocycles. The molecule has 0 bridgehead atoms. The summed E-state index contributed by atoms with van der Waals surface area (Å²) in [4.78, 5) is 15.1. The van der Waals surface area contributed by atoms with Crippen LogP contribution in [-0.2, 0) is 25.9 Å². The van der Waals surface area contributed by atoms with Crippen LogP contribution in [0.2, 0.25) is 0 Å². The molecule has 0 unspecified atom stereocenters. The maximum atomic E-state index is 4.72. The summed E-state index contributed by atoms with van der Waals surface area (Å²) in [6, 6.07) is 2.26. The number of nitrogens with one attached hydrogen (secondary N) is 1. The van der Waals surface area contributed by atoms with Crippen molar-refractivity contribution >= 4 is 0 Å². The van der Waals surface area contributed by atoms with Gasteiger partial charge >= 0.3 is 0 Å². The molecule has 2 aromatic heterocycles. The summed E-state index contributed by atoms with van der Waals surface area (Å²) >= 11 is 0. The molecule has 2 aromatic rings. The number of H-pyrrole nitrogens is 1. The molecule has 112 valence electrons. The molecule has 1 aliphatic heterocycles. The fraction of sp³-hybridized carbons (Fsp3) is 0.529.